The van der Waals surface area contributed by atoms with Crippen LogP contribution in [0.4, 0.5) is 0 Å². The standard InChI is InChI=1S/C14H24N4O/c1-18-8-4-5-11(10-18)9-13-16-14(19-17-13)12-6-2-3-7-15-12/h11-12,15H,2-10H2,1H3. The molecule has 2 saturated heterocycles. The fourth-order valence-corrected chi connectivity index (χ4v) is 3.25. The Morgan fingerprint density at radius 2 is 2.26 bits per heavy atom. The van der Waals surface area contributed by atoms with Gasteiger partial charge in [0.15, 0.2) is 5.82 Å². The van der Waals surface area contributed by atoms with E-state index in [0.29, 0.717) is 5.92 Å². The van der Waals surface area contributed by atoms with Gasteiger partial charge in [0.05, 0.1) is 6.04 Å². The number of aromatic nitrogens is 2. The van der Waals surface area contributed by atoms with Crippen LogP contribution >= 0.6 is 0 Å². The van der Waals surface area contributed by atoms with E-state index in [1.807, 2.05) is 0 Å². The summed E-state index contributed by atoms with van der Waals surface area (Å²) in [5.74, 6) is 2.37. The van der Waals surface area contributed by atoms with Crippen LogP contribution in [0.5, 0.6) is 0 Å². The maximum atomic E-state index is 5.44. The van der Waals surface area contributed by atoms with E-state index in [2.05, 4.69) is 27.4 Å². The zero-order chi connectivity index (χ0) is 13.1. The highest BCUT2D eigenvalue weighted by Crippen LogP contribution is 2.23. The van der Waals surface area contributed by atoms with Crippen LogP contribution in [0, 0.1) is 5.92 Å². The van der Waals surface area contributed by atoms with Crippen LogP contribution in [-0.4, -0.2) is 41.7 Å². The minimum atomic E-state index is 0.282. The molecule has 3 heterocycles. The molecular formula is C14H24N4O. The van der Waals surface area contributed by atoms with Gasteiger partial charge in [-0.15, -0.1) is 0 Å². The Labute approximate surface area is 114 Å². The van der Waals surface area contributed by atoms with Crippen molar-refractivity contribution in [3.63, 3.8) is 0 Å². The van der Waals surface area contributed by atoms with Crippen molar-refractivity contribution in [2.75, 3.05) is 26.7 Å². The molecule has 2 unspecified atom stereocenters. The van der Waals surface area contributed by atoms with Gasteiger partial charge in [-0.25, -0.2) is 0 Å². The van der Waals surface area contributed by atoms with Crippen molar-refractivity contribution in [1.82, 2.24) is 20.4 Å². The zero-order valence-electron chi connectivity index (χ0n) is 11.8. The average Bonchev–Trinajstić information content (AvgIpc) is 2.88. The number of nitrogens with zero attached hydrogens (tertiary/aromatic N) is 3. The van der Waals surface area contributed by atoms with Gasteiger partial charge in [0.25, 0.3) is 0 Å². The first-order valence-corrected chi connectivity index (χ1v) is 7.55. The molecule has 0 aromatic carbocycles. The van der Waals surface area contributed by atoms with Crippen molar-refractivity contribution in [3.05, 3.63) is 11.7 Å². The molecule has 0 radical (unpaired) electrons. The molecule has 2 aliphatic rings. The lowest BCUT2D eigenvalue weighted by Gasteiger charge is -2.28. The first kappa shape index (κ1) is 13.1. The second-order valence-electron chi connectivity index (χ2n) is 6.03. The van der Waals surface area contributed by atoms with Crippen LogP contribution < -0.4 is 5.32 Å². The molecular weight excluding hydrogens is 240 g/mol. The van der Waals surface area contributed by atoms with Crippen molar-refractivity contribution in [2.45, 2.75) is 44.6 Å². The van der Waals surface area contributed by atoms with Crippen LogP contribution in [-0.2, 0) is 6.42 Å². The Morgan fingerprint density at radius 1 is 1.32 bits per heavy atom. The lowest BCUT2D eigenvalue weighted by atomic mass is 9.95. The first-order chi connectivity index (χ1) is 9.31. The van der Waals surface area contributed by atoms with Crippen molar-refractivity contribution < 1.29 is 4.52 Å². The lowest BCUT2D eigenvalue weighted by Crippen LogP contribution is -2.33. The largest absolute Gasteiger partial charge is 0.338 e. The molecule has 0 amide bonds. The number of likely N-dealkylation sites (tertiary alicyclic amines) is 1. The van der Waals surface area contributed by atoms with E-state index in [0.717, 1.165) is 37.6 Å². The summed E-state index contributed by atoms with van der Waals surface area (Å²) in [5.41, 5.74) is 0. The lowest BCUT2D eigenvalue weighted by molar-refractivity contribution is 0.206. The third-order valence-corrected chi connectivity index (χ3v) is 4.29. The number of nitrogens with one attached hydrogen (secondary N) is 1. The van der Waals surface area contributed by atoms with Crippen molar-refractivity contribution in [2.24, 2.45) is 5.92 Å². The summed E-state index contributed by atoms with van der Waals surface area (Å²) in [6.45, 7) is 3.45. The van der Waals surface area contributed by atoms with Gasteiger partial charge in [-0.05, 0) is 51.7 Å². The molecule has 0 saturated carbocycles. The van der Waals surface area contributed by atoms with E-state index < -0.39 is 0 Å². The van der Waals surface area contributed by atoms with Gasteiger partial charge in [-0.1, -0.05) is 11.6 Å². The Kier molecular flexibility index (Phi) is 4.13. The summed E-state index contributed by atoms with van der Waals surface area (Å²) in [7, 11) is 2.19. The zero-order valence-corrected chi connectivity index (χ0v) is 11.8. The predicted molar refractivity (Wildman–Crippen MR) is 72.8 cm³/mol. The maximum Gasteiger partial charge on any atom is 0.243 e. The minimum Gasteiger partial charge on any atom is -0.338 e. The summed E-state index contributed by atoms with van der Waals surface area (Å²) < 4.78 is 5.44. The summed E-state index contributed by atoms with van der Waals surface area (Å²) >= 11 is 0. The van der Waals surface area contributed by atoms with Crippen molar-refractivity contribution in [3.8, 4) is 0 Å². The monoisotopic (exact) mass is 264 g/mol. The van der Waals surface area contributed by atoms with Gasteiger partial charge in [0.2, 0.25) is 5.89 Å². The Morgan fingerprint density at radius 3 is 3.05 bits per heavy atom. The molecule has 1 aromatic rings. The van der Waals surface area contributed by atoms with Gasteiger partial charge in [0, 0.05) is 13.0 Å². The average molecular weight is 264 g/mol. The Bertz CT molecular complexity index is 400. The van der Waals surface area contributed by atoms with E-state index in [-0.39, 0.29) is 6.04 Å². The summed E-state index contributed by atoms with van der Waals surface area (Å²) in [6.07, 6.45) is 7.16. The van der Waals surface area contributed by atoms with E-state index in [1.165, 1.54) is 32.2 Å². The molecule has 3 rings (SSSR count). The molecule has 1 aromatic heterocycles. The van der Waals surface area contributed by atoms with Gasteiger partial charge in [-0.3, -0.25) is 0 Å². The summed E-state index contributed by atoms with van der Waals surface area (Å²) in [6, 6.07) is 0.282. The predicted octanol–water partition coefficient (Wildman–Crippen LogP) is 1.77. The molecule has 1 N–H and O–H groups in total. The molecule has 19 heavy (non-hydrogen) atoms. The number of piperidine rings is 2. The highest BCUT2D eigenvalue weighted by atomic mass is 16.5. The second kappa shape index (κ2) is 6.01. The molecule has 5 nitrogen and oxygen atoms in total. The molecule has 0 spiro atoms. The van der Waals surface area contributed by atoms with E-state index in [9.17, 15) is 0 Å². The molecule has 106 valence electrons. The van der Waals surface area contributed by atoms with Gasteiger partial charge in [0.1, 0.15) is 0 Å². The SMILES string of the molecule is CN1CCCC(Cc2noc(C3CCCCN3)n2)C1. The number of hydrogen-bond acceptors (Lipinski definition) is 5. The second-order valence-corrected chi connectivity index (χ2v) is 6.03. The van der Waals surface area contributed by atoms with Crippen LogP contribution in [0.15, 0.2) is 4.52 Å². The Balaban J connectivity index is 1.58. The van der Waals surface area contributed by atoms with E-state index in [1.54, 1.807) is 0 Å². The van der Waals surface area contributed by atoms with Crippen LogP contribution in [0.3, 0.4) is 0 Å². The van der Waals surface area contributed by atoms with Gasteiger partial charge >= 0.3 is 0 Å². The topological polar surface area (TPSA) is 54.2 Å². The minimum absolute atomic E-state index is 0.282. The first-order valence-electron chi connectivity index (χ1n) is 7.55. The number of hydrogen-bond donors (Lipinski definition) is 1. The quantitative estimate of drug-likeness (QED) is 0.901. The number of rotatable bonds is 3. The Hall–Kier alpha value is -0.940. The van der Waals surface area contributed by atoms with Gasteiger partial charge < -0.3 is 14.7 Å². The van der Waals surface area contributed by atoms with Crippen molar-refractivity contribution >= 4 is 0 Å². The van der Waals surface area contributed by atoms with Crippen LogP contribution in [0.1, 0.15) is 49.9 Å². The highest BCUT2D eigenvalue weighted by Gasteiger charge is 2.23. The molecule has 2 fully saturated rings. The molecule has 2 aliphatic heterocycles. The van der Waals surface area contributed by atoms with Crippen LogP contribution in [0.25, 0.3) is 0 Å². The maximum absolute atomic E-state index is 5.44. The molecule has 5 heteroatoms. The fraction of sp³-hybridized carbons (Fsp3) is 0.857. The van der Waals surface area contributed by atoms with Gasteiger partial charge in [-0.2, -0.15) is 4.98 Å². The highest BCUT2D eigenvalue weighted by molar-refractivity contribution is 4.96. The van der Waals surface area contributed by atoms with Crippen molar-refractivity contribution in [1.29, 1.82) is 0 Å². The van der Waals surface area contributed by atoms with E-state index in [4.69, 9.17) is 4.52 Å². The molecule has 2 atom stereocenters. The molecule has 0 bridgehead atoms. The third kappa shape index (κ3) is 3.34. The van der Waals surface area contributed by atoms with E-state index >= 15 is 0 Å². The summed E-state index contributed by atoms with van der Waals surface area (Å²) in [4.78, 5) is 6.99. The molecule has 0 aliphatic carbocycles. The van der Waals surface area contributed by atoms with Crippen LogP contribution in [0.2, 0.25) is 0 Å². The summed E-state index contributed by atoms with van der Waals surface area (Å²) in [5, 5.41) is 7.62. The normalized spacial score (nSPS) is 29.5. The smallest absolute Gasteiger partial charge is 0.243 e. The third-order valence-electron chi connectivity index (χ3n) is 4.29. The fourth-order valence-electron chi connectivity index (χ4n) is 3.25.